The Hall–Kier alpha value is -2.46. The second-order valence-electron chi connectivity index (χ2n) is 5.29. The maximum atomic E-state index is 12.4. The first-order valence-electron chi connectivity index (χ1n) is 6.71. The summed E-state index contributed by atoms with van der Waals surface area (Å²) in [5.74, 6) is -3.61. The summed E-state index contributed by atoms with van der Waals surface area (Å²) in [6.45, 7) is 0. The van der Waals surface area contributed by atoms with E-state index in [0.29, 0.717) is 6.42 Å². The molecule has 1 aliphatic carbocycles. The van der Waals surface area contributed by atoms with Crippen molar-refractivity contribution in [3.63, 3.8) is 0 Å². The Morgan fingerprint density at radius 1 is 1.21 bits per heavy atom. The molecule has 0 amide bonds. The molecule has 2 rings (SSSR count). The lowest BCUT2D eigenvalue weighted by Gasteiger charge is -2.18. The first-order chi connectivity index (χ1) is 10.6. The number of nitro benzene ring substituents is 1. The SMILES string of the molecule is CS(=O)(=O)c1ccc(C(=O)C2C(=O)CCCC2=O)c([N+](=O)[O-])c1.N. The van der Waals surface area contributed by atoms with Gasteiger partial charge in [-0.2, -0.15) is 0 Å². The smallest absolute Gasteiger partial charge is 0.281 e. The number of benzene rings is 1. The second-order valence-corrected chi connectivity index (χ2v) is 7.31. The number of hydrogen-bond acceptors (Lipinski definition) is 8. The third-order valence-electron chi connectivity index (χ3n) is 3.61. The number of nitrogens with zero attached hydrogens (tertiary/aromatic N) is 1. The maximum absolute atomic E-state index is 12.4. The monoisotopic (exact) mass is 356 g/mol. The molecule has 0 unspecified atom stereocenters. The molecule has 0 aliphatic heterocycles. The Morgan fingerprint density at radius 3 is 2.21 bits per heavy atom. The van der Waals surface area contributed by atoms with Crippen LogP contribution in [0.1, 0.15) is 29.6 Å². The molecule has 1 aromatic rings. The third-order valence-corrected chi connectivity index (χ3v) is 4.72. The van der Waals surface area contributed by atoms with Crippen LogP contribution >= 0.6 is 0 Å². The van der Waals surface area contributed by atoms with E-state index < -0.39 is 49.3 Å². The summed E-state index contributed by atoms with van der Waals surface area (Å²) in [6, 6.07) is 2.79. The van der Waals surface area contributed by atoms with Crippen molar-refractivity contribution in [2.75, 3.05) is 6.26 Å². The number of sulfone groups is 1. The van der Waals surface area contributed by atoms with Crippen LogP contribution in [0.5, 0.6) is 0 Å². The van der Waals surface area contributed by atoms with Crippen molar-refractivity contribution < 1.29 is 27.7 Å². The van der Waals surface area contributed by atoms with Crippen molar-refractivity contribution in [3.8, 4) is 0 Å². The molecule has 0 aromatic heterocycles. The molecule has 1 saturated carbocycles. The first kappa shape index (κ1) is 19.6. The Bertz CT molecular complexity index is 814. The molecule has 9 nitrogen and oxygen atoms in total. The standard InChI is InChI=1S/C14H13NO7S.H3N/c1-23(21,22)8-5-6-9(10(7-8)15(19)20)14(18)13-11(16)3-2-4-12(13)17;/h5-7,13H,2-4H2,1H3;1H3. The van der Waals surface area contributed by atoms with Crippen molar-refractivity contribution in [1.82, 2.24) is 6.15 Å². The summed E-state index contributed by atoms with van der Waals surface area (Å²) < 4.78 is 23.0. The highest BCUT2D eigenvalue weighted by molar-refractivity contribution is 7.90. The number of rotatable bonds is 4. The number of nitro groups is 1. The summed E-state index contributed by atoms with van der Waals surface area (Å²) in [5, 5.41) is 11.1. The number of carbonyl (C=O) groups excluding carboxylic acids is 3. The zero-order valence-corrected chi connectivity index (χ0v) is 13.7. The van der Waals surface area contributed by atoms with E-state index in [9.17, 15) is 32.9 Å². The number of carbonyl (C=O) groups is 3. The second kappa shape index (κ2) is 6.97. The zero-order chi connectivity index (χ0) is 17.4. The fourth-order valence-electron chi connectivity index (χ4n) is 2.45. The number of Topliss-reactive ketones (excluding diaryl/α,β-unsaturated/α-hetero) is 3. The lowest BCUT2D eigenvalue weighted by molar-refractivity contribution is -0.385. The number of ketones is 3. The van der Waals surface area contributed by atoms with Gasteiger partial charge in [0.15, 0.2) is 27.2 Å². The van der Waals surface area contributed by atoms with Crippen LogP contribution in [0.3, 0.4) is 0 Å². The quantitative estimate of drug-likeness (QED) is 0.365. The largest absolute Gasteiger partial charge is 0.344 e. The van der Waals surface area contributed by atoms with Gasteiger partial charge in [0.1, 0.15) is 5.92 Å². The molecule has 1 aliphatic rings. The predicted molar refractivity (Wildman–Crippen MR) is 82.9 cm³/mol. The summed E-state index contributed by atoms with van der Waals surface area (Å²) in [7, 11) is -3.70. The predicted octanol–water partition coefficient (Wildman–Crippen LogP) is 1.28. The van der Waals surface area contributed by atoms with E-state index in [0.717, 1.165) is 24.5 Å². The molecule has 0 heterocycles. The topological polar surface area (TPSA) is 163 Å². The lowest BCUT2D eigenvalue weighted by Crippen LogP contribution is -2.35. The van der Waals surface area contributed by atoms with E-state index in [1.165, 1.54) is 0 Å². The lowest BCUT2D eigenvalue weighted by atomic mass is 9.81. The normalized spacial score (nSPS) is 15.7. The maximum Gasteiger partial charge on any atom is 0.281 e. The van der Waals surface area contributed by atoms with Crippen LogP contribution in [-0.4, -0.2) is 36.9 Å². The summed E-state index contributed by atoms with van der Waals surface area (Å²) in [5.41, 5.74) is -1.17. The molecule has 0 bridgehead atoms. The highest BCUT2D eigenvalue weighted by Crippen LogP contribution is 2.28. The summed E-state index contributed by atoms with van der Waals surface area (Å²) in [4.78, 5) is 46.0. The van der Waals surface area contributed by atoms with Gasteiger partial charge in [0, 0.05) is 25.2 Å². The van der Waals surface area contributed by atoms with Crippen molar-refractivity contribution in [2.24, 2.45) is 5.92 Å². The Labute approximate surface area is 137 Å². The van der Waals surface area contributed by atoms with Crippen molar-refractivity contribution in [1.29, 1.82) is 0 Å². The minimum Gasteiger partial charge on any atom is -0.344 e. The molecule has 10 heteroatoms. The Balaban J connectivity index is 0.00000288. The molecule has 1 aromatic carbocycles. The summed E-state index contributed by atoms with van der Waals surface area (Å²) >= 11 is 0. The van der Waals surface area contributed by atoms with Crippen LogP contribution < -0.4 is 6.15 Å². The Kier molecular flexibility index (Phi) is 5.69. The molecular weight excluding hydrogens is 340 g/mol. The van der Waals surface area contributed by atoms with Gasteiger partial charge in [-0.3, -0.25) is 24.5 Å². The van der Waals surface area contributed by atoms with Gasteiger partial charge in [-0.25, -0.2) is 8.42 Å². The fourth-order valence-corrected chi connectivity index (χ4v) is 3.10. The van der Waals surface area contributed by atoms with E-state index in [1.807, 2.05) is 0 Å². The molecule has 0 spiro atoms. The Morgan fingerprint density at radius 2 is 1.75 bits per heavy atom. The highest BCUT2D eigenvalue weighted by Gasteiger charge is 2.39. The molecule has 0 saturated heterocycles. The minimum atomic E-state index is -3.70. The molecule has 0 atom stereocenters. The molecule has 1 fully saturated rings. The fraction of sp³-hybridized carbons (Fsp3) is 0.357. The molecule has 24 heavy (non-hydrogen) atoms. The molecule has 130 valence electrons. The van der Waals surface area contributed by atoms with E-state index >= 15 is 0 Å². The minimum absolute atomic E-state index is 0. The van der Waals surface area contributed by atoms with Crippen LogP contribution in [0.15, 0.2) is 23.1 Å². The van der Waals surface area contributed by atoms with Gasteiger partial charge in [-0.15, -0.1) is 0 Å². The van der Waals surface area contributed by atoms with Crippen LogP contribution in [0.4, 0.5) is 5.69 Å². The molecular formula is C14H16N2O7S. The third kappa shape index (κ3) is 3.71. The van der Waals surface area contributed by atoms with Crippen molar-refractivity contribution in [2.45, 2.75) is 24.2 Å². The van der Waals surface area contributed by atoms with Gasteiger partial charge in [0.25, 0.3) is 5.69 Å². The highest BCUT2D eigenvalue weighted by atomic mass is 32.2. The van der Waals surface area contributed by atoms with Gasteiger partial charge in [0.2, 0.25) is 0 Å². The van der Waals surface area contributed by atoms with E-state index in [1.54, 1.807) is 0 Å². The number of hydrogen-bond donors (Lipinski definition) is 1. The van der Waals surface area contributed by atoms with Crippen LogP contribution in [0.25, 0.3) is 0 Å². The summed E-state index contributed by atoms with van der Waals surface area (Å²) in [6.07, 6.45) is 1.37. The first-order valence-corrected chi connectivity index (χ1v) is 8.60. The van der Waals surface area contributed by atoms with Gasteiger partial charge in [-0.05, 0) is 18.6 Å². The van der Waals surface area contributed by atoms with Gasteiger partial charge < -0.3 is 6.15 Å². The van der Waals surface area contributed by atoms with Crippen molar-refractivity contribution >= 4 is 32.9 Å². The van der Waals surface area contributed by atoms with Gasteiger partial charge in [-0.1, -0.05) is 0 Å². The van der Waals surface area contributed by atoms with Crippen LogP contribution in [0, 0.1) is 16.0 Å². The van der Waals surface area contributed by atoms with E-state index in [-0.39, 0.29) is 23.9 Å². The molecule has 3 N–H and O–H groups in total. The van der Waals surface area contributed by atoms with E-state index in [4.69, 9.17) is 0 Å². The zero-order valence-electron chi connectivity index (χ0n) is 12.9. The van der Waals surface area contributed by atoms with Crippen LogP contribution in [0.2, 0.25) is 0 Å². The molecule has 0 radical (unpaired) electrons. The van der Waals surface area contributed by atoms with E-state index in [2.05, 4.69) is 0 Å². The average molecular weight is 356 g/mol. The van der Waals surface area contributed by atoms with Crippen molar-refractivity contribution in [3.05, 3.63) is 33.9 Å². The van der Waals surface area contributed by atoms with Gasteiger partial charge >= 0.3 is 0 Å². The van der Waals surface area contributed by atoms with Crippen LogP contribution in [-0.2, 0) is 19.4 Å². The van der Waals surface area contributed by atoms with Gasteiger partial charge in [0.05, 0.1) is 15.4 Å². The average Bonchev–Trinajstić information content (AvgIpc) is 2.45.